The number of halogens is 3. The first-order valence-corrected chi connectivity index (χ1v) is 4.65. The maximum atomic E-state index is 13.1. The average Bonchev–Trinajstić information content (AvgIpc) is 2.64. The fourth-order valence-electron chi connectivity index (χ4n) is 1.74. The van der Waals surface area contributed by atoms with Crippen LogP contribution in [0.15, 0.2) is 41.4 Å². The number of hydrogen-bond donors (Lipinski definition) is 1. The molecule has 1 aliphatic rings. The van der Waals surface area contributed by atoms with Gasteiger partial charge in [0, 0.05) is 18.7 Å². The van der Waals surface area contributed by atoms with E-state index in [0.29, 0.717) is 4.68 Å². The molecule has 1 N–H and O–H groups in total. The van der Waals surface area contributed by atoms with Gasteiger partial charge in [-0.2, -0.15) is 13.2 Å². The monoisotopic (exact) mass is 230 g/mol. The second-order valence-corrected chi connectivity index (χ2v) is 3.55. The largest absolute Gasteiger partial charge is 0.417 e. The third-order valence-corrected chi connectivity index (χ3v) is 2.59. The number of H-pyrrole nitrogens is 1. The predicted octanol–water partition coefficient (Wildman–Crippen LogP) is 1.95. The van der Waals surface area contributed by atoms with E-state index in [1.807, 2.05) is 0 Å². The molecule has 0 bridgehead atoms. The number of alkyl halides is 3. The van der Waals surface area contributed by atoms with E-state index in [2.05, 4.69) is 5.10 Å². The van der Waals surface area contributed by atoms with Gasteiger partial charge in [0.2, 0.25) is 0 Å². The first-order chi connectivity index (χ1) is 7.47. The molecule has 1 aliphatic carbocycles. The third kappa shape index (κ3) is 1.41. The summed E-state index contributed by atoms with van der Waals surface area (Å²) in [5, 5.41) is 2.32. The molecular weight excluding hydrogens is 221 g/mol. The normalized spacial score (nSPS) is 24.9. The summed E-state index contributed by atoms with van der Waals surface area (Å²) in [6, 6.07) is 1.07. The Morgan fingerprint density at radius 1 is 1.38 bits per heavy atom. The summed E-state index contributed by atoms with van der Waals surface area (Å²) in [6.45, 7) is 0. The molecule has 0 radical (unpaired) electrons. The zero-order valence-corrected chi connectivity index (χ0v) is 8.16. The van der Waals surface area contributed by atoms with Gasteiger partial charge in [0.1, 0.15) is 0 Å². The topological polar surface area (TPSA) is 37.8 Å². The Hall–Kier alpha value is -1.72. The lowest BCUT2D eigenvalue weighted by molar-refractivity contribution is -0.201. The maximum absolute atomic E-state index is 13.1. The smallest absolute Gasteiger partial charge is 0.302 e. The summed E-state index contributed by atoms with van der Waals surface area (Å²) >= 11 is 0. The van der Waals surface area contributed by atoms with E-state index in [9.17, 15) is 18.0 Å². The Labute approximate surface area is 88.9 Å². The van der Waals surface area contributed by atoms with Gasteiger partial charge in [-0.1, -0.05) is 18.2 Å². The van der Waals surface area contributed by atoms with E-state index in [1.165, 1.54) is 24.4 Å². The standard InChI is InChI=1S/C10H9F3N2O/c11-10(12,13)9(5-2-1-3-6-9)15-8(16)4-7-14-15/h1-5,7,14H,6H2. The fourth-order valence-corrected chi connectivity index (χ4v) is 1.74. The van der Waals surface area contributed by atoms with Crippen LogP contribution in [0.2, 0.25) is 0 Å². The number of hydrogen-bond acceptors (Lipinski definition) is 1. The molecule has 6 heteroatoms. The lowest BCUT2D eigenvalue weighted by atomic mass is 9.90. The molecule has 0 saturated heterocycles. The molecule has 1 atom stereocenters. The summed E-state index contributed by atoms with van der Waals surface area (Å²) in [4.78, 5) is 11.3. The highest BCUT2D eigenvalue weighted by molar-refractivity contribution is 5.21. The van der Waals surface area contributed by atoms with Gasteiger partial charge < -0.3 is 5.10 Å². The SMILES string of the molecule is O=c1cc[nH]n1C1(C(F)(F)F)C=CC=CC1. The van der Waals surface area contributed by atoms with Gasteiger partial charge in [-0.25, -0.2) is 4.68 Å². The fraction of sp³-hybridized carbons (Fsp3) is 0.300. The van der Waals surface area contributed by atoms with Crippen molar-refractivity contribution in [3.8, 4) is 0 Å². The van der Waals surface area contributed by atoms with Crippen LogP contribution in [0.25, 0.3) is 0 Å². The van der Waals surface area contributed by atoms with Crippen LogP contribution in [-0.2, 0) is 5.54 Å². The first kappa shape index (κ1) is 10.8. The average molecular weight is 230 g/mol. The van der Waals surface area contributed by atoms with Crippen molar-refractivity contribution >= 4 is 0 Å². The van der Waals surface area contributed by atoms with Crippen LogP contribution in [0, 0.1) is 0 Å². The second kappa shape index (κ2) is 3.40. The van der Waals surface area contributed by atoms with Gasteiger partial charge >= 0.3 is 6.18 Å². The van der Waals surface area contributed by atoms with Gasteiger partial charge in [0.05, 0.1) is 0 Å². The van der Waals surface area contributed by atoms with Gasteiger partial charge in [-0.05, 0) is 6.08 Å². The lowest BCUT2D eigenvalue weighted by Crippen LogP contribution is -2.50. The van der Waals surface area contributed by atoms with Crippen molar-refractivity contribution in [2.24, 2.45) is 0 Å². The Bertz CT molecular complexity index is 495. The highest BCUT2D eigenvalue weighted by Crippen LogP contribution is 2.41. The van der Waals surface area contributed by atoms with Gasteiger partial charge in [0.25, 0.3) is 5.56 Å². The van der Waals surface area contributed by atoms with Crippen LogP contribution in [0.5, 0.6) is 0 Å². The molecule has 1 unspecified atom stereocenters. The summed E-state index contributed by atoms with van der Waals surface area (Å²) in [7, 11) is 0. The Kier molecular flexibility index (Phi) is 2.29. The minimum Gasteiger partial charge on any atom is -0.302 e. The van der Waals surface area contributed by atoms with Crippen molar-refractivity contribution in [1.82, 2.24) is 9.78 Å². The van der Waals surface area contributed by atoms with E-state index in [0.717, 1.165) is 12.1 Å². The second-order valence-electron chi connectivity index (χ2n) is 3.55. The van der Waals surface area contributed by atoms with Crippen molar-refractivity contribution in [3.05, 3.63) is 46.9 Å². The number of allylic oxidation sites excluding steroid dienone is 4. The molecule has 0 spiro atoms. The minimum absolute atomic E-state index is 0.284. The predicted molar refractivity (Wildman–Crippen MR) is 52.0 cm³/mol. The molecule has 1 aromatic heterocycles. The Morgan fingerprint density at radius 3 is 2.56 bits per heavy atom. The van der Waals surface area contributed by atoms with Crippen LogP contribution in [-0.4, -0.2) is 16.0 Å². The third-order valence-electron chi connectivity index (χ3n) is 2.59. The molecule has 1 aromatic rings. The summed E-state index contributed by atoms with van der Waals surface area (Å²) in [5.41, 5.74) is -2.99. The highest BCUT2D eigenvalue weighted by atomic mass is 19.4. The summed E-state index contributed by atoms with van der Waals surface area (Å²) in [6.07, 6.45) is 1.59. The molecular formula is C10H9F3N2O. The molecule has 86 valence electrons. The van der Waals surface area contributed by atoms with E-state index < -0.39 is 17.3 Å². The van der Waals surface area contributed by atoms with Crippen LogP contribution in [0.3, 0.4) is 0 Å². The highest BCUT2D eigenvalue weighted by Gasteiger charge is 2.55. The number of nitrogens with one attached hydrogen (secondary N) is 1. The zero-order valence-electron chi connectivity index (χ0n) is 8.16. The van der Waals surface area contributed by atoms with Crippen molar-refractivity contribution in [1.29, 1.82) is 0 Å². The van der Waals surface area contributed by atoms with Crippen LogP contribution in [0.1, 0.15) is 6.42 Å². The summed E-state index contributed by atoms with van der Waals surface area (Å²) < 4.78 is 39.8. The number of nitrogens with zero attached hydrogens (tertiary/aromatic N) is 1. The quantitative estimate of drug-likeness (QED) is 0.786. The maximum Gasteiger partial charge on any atom is 0.417 e. The molecule has 0 amide bonds. The van der Waals surface area contributed by atoms with Crippen LogP contribution < -0.4 is 5.56 Å². The van der Waals surface area contributed by atoms with Crippen molar-refractivity contribution in [2.45, 2.75) is 18.1 Å². The molecule has 0 fully saturated rings. The number of aromatic nitrogens is 2. The van der Waals surface area contributed by atoms with E-state index in [-0.39, 0.29) is 6.42 Å². The molecule has 2 rings (SSSR count). The first-order valence-electron chi connectivity index (χ1n) is 4.65. The summed E-state index contributed by atoms with van der Waals surface area (Å²) in [5.74, 6) is 0. The molecule has 3 nitrogen and oxygen atoms in total. The molecule has 0 saturated carbocycles. The Morgan fingerprint density at radius 2 is 2.12 bits per heavy atom. The molecule has 16 heavy (non-hydrogen) atoms. The van der Waals surface area contributed by atoms with E-state index >= 15 is 0 Å². The van der Waals surface area contributed by atoms with Crippen LogP contribution in [0.4, 0.5) is 13.2 Å². The lowest BCUT2D eigenvalue weighted by Gasteiger charge is -2.33. The number of aromatic amines is 1. The van der Waals surface area contributed by atoms with Gasteiger partial charge in [-0.3, -0.25) is 4.79 Å². The van der Waals surface area contributed by atoms with Crippen molar-refractivity contribution < 1.29 is 13.2 Å². The van der Waals surface area contributed by atoms with E-state index in [1.54, 1.807) is 0 Å². The number of rotatable bonds is 1. The molecule has 0 aromatic carbocycles. The van der Waals surface area contributed by atoms with Gasteiger partial charge in [0.15, 0.2) is 5.54 Å². The molecule has 1 heterocycles. The van der Waals surface area contributed by atoms with Gasteiger partial charge in [-0.15, -0.1) is 0 Å². The minimum atomic E-state index is -4.52. The van der Waals surface area contributed by atoms with Crippen LogP contribution >= 0.6 is 0 Å². The van der Waals surface area contributed by atoms with E-state index in [4.69, 9.17) is 0 Å². The molecule has 0 aliphatic heterocycles. The van der Waals surface area contributed by atoms with Crippen molar-refractivity contribution in [2.75, 3.05) is 0 Å². The zero-order chi connectivity index (χ0) is 11.8. The Balaban J connectivity index is 2.61. The van der Waals surface area contributed by atoms with Crippen molar-refractivity contribution in [3.63, 3.8) is 0 Å².